The van der Waals surface area contributed by atoms with Crippen LogP contribution >= 0.6 is 11.8 Å². The summed E-state index contributed by atoms with van der Waals surface area (Å²) < 4.78 is 15.6. The van der Waals surface area contributed by atoms with E-state index in [9.17, 15) is 0 Å². The molecule has 102 valence electrons. The summed E-state index contributed by atoms with van der Waals surface area (Å²) >= 11 is 1.42. The number of methoxy groups -OCH3 is 1. The molecule has 0 aliphatic carbocycles. The first-order valence-corrected chi connectivity index (χ1v) is 6.61. The van der Waals surface area contributed by atoms with Gasteiger partial charge in [-0.15, -0.1) is 0 Å². The molecular formula is C10H18N4O3S. The molecule has 0 radical (unpaired) electrons. The number of rotatable bonds is 9. The Morgan fingerprint density at radius 2 is 2.06 bits per heavy atom. The van der Waals surface area contributed by atoms with Crippen LogP contribution in [0.4, 0.5) is 5.82 Å². The third kappa shape index (κ3) is 5.50. The van der Waals surface area contributed by atoms with Crippen LogP contribution in [0.2, 0.25) is 0 Å². The van der Waals surface area contributed by atoms with Gasteiger partial charge in [0.1, 0.15) is 12.4 Å². The van der Waals surface area contributed by atoms with E-state index in [-0.39, 0.29) is 0 Å². The Labute approximate surface area is 110 Å². The SMILES string of the molecule is COCCOCCOc1cc(NN)nc(SC)n1. The van der Waals surface area contributed by atoms with Crippen molar-refractivity contribution in [3.05, 3.63) is 6.07 Å². The number of nitrogens with two attached hydrogens (primary N) is 1. The summed E-state index contributed by atoms with van der Waals surface area (Å²) in [7, 11) is 1.63. The minimum atomic E-state index is 0.415. The maximum Gasteiger partial charge on any atom is 0.219 e. The number of nitrogen functional groups attached to an aromatic ring is 1. The molecule has 0 unspecified atom stereocenters. The summed E-state index contributed by atoms with van der Waals surface area (Å²) in [5.41, 5.74) is 2.47. The van der Waals surface area contributed by atoms with E-state index in [4.69, 9.17) is 20.1 Å². The van der Waals surface area contributed by atoms with Crippen molar-refractivity contribution in [2.45, 2.75) is 5.16 Å². The topological polar surface area (TPSA) is 91.5 Å². The Morgan fingerprint density at radius 1 is 1.28 bits per heavy atom. The molecule has 0 saturated heterocycles. The van der Waals surface area contributed by atoms with Crippen LogP contribution in [0, 0.1) is 0 Å². The number of hydrogen-bond donors (Lipinski definition) is 2. The van der Waals surface area contributed by atoms with Crippen LogP contribution in [0.25, 0.3) is 0 Å². The fraction of sp³-hybridized carbons (Fsp3) is 0.600. The zero-order valence-corrected chi connectivity index (χ0v) is 11.3. The Kier molecular flexibility index (Phi) is 7.42. The molecule has 1 heterocycles. The fourth-order valence-corrected chi connectivity index (χ4v) is 1.46. The number of hydrogen-bond acceptors (Lipinski definition) is 8. The van der Waals surface area contributed by atoms with Crippen LogP contribution in [-0.2, 0) is 9.47 Å². The van der Waals surface area contributed by atoms with Crippen molar-refractivity contribution in [2.75, 3.05) is 45.2 Å². The molecule has 8 heteroatoms. The molecule has 1 aromatic heterocycles. The first-order chi connectivity index (χ1) is 8.80. The molecule has 0 aliphatic heterocycles. The van der Waals surface area contributed by atoms with Gasteiger partial charge >= 0.3 is 0 Å². The molecule has 0 spiro atoms. The summed E-state index contributed by atoms with van der Waals surface area (Å²) in [6, 6.07) is 1.63. The van der Waals surface area contributed by atoms with Crippen LogP contribution in [0.5, 0.6) is 5.88 Å². The van der Waals surface area contributed by atoms with Gasteiger partial charge in [-0.3, -0.25) is 0 Å². The van der Waals surface area contributed by atoms with Gasteiger partial charge in [-0.05, 0) is 6.26 Å². The van der Waals surface area contributed by atoms with Crippen molar-refractivity contribution >= 4 is 17.6 Å². The Balaban J connectivity index is 2.36. The van der Waals surface area contributed by atoms with Gasteiger partial charge in [0.15, 0.2) is 5.16 Å². The molecule has 1 rings (SSSR count). The van der Waals surface area contributed by atoms with Gasteiger partial charge in [0, 0.05) is 13.2 Å². The predicted octanol–water partition coefficient (Wildman–Crippen LogP) is 0.526. The molecule has 7 nitrogen and oxygen atoms in total. The Hall–Kier alpha value is -1.09. The van der Waals surface area contributed by atoms with Crippen LogP contribution in [0.15, 0.2) is 11.2 Å². The smallest absolute Gasteiger partial charge is 0.219 e. The maximum absolute atomic E-state index is 5.45. The third-order valence-corrected chi connectivity index (χ3v) is 2.47. The lowest BCUT2D eigenvalue weighted by Crippen LogP contribution is -2.12. The van der Waals surface area contributed by atoms with Crippen molar-refractivity contribution in [1.82, 2.24) is 9.97 Å². The van der Waals surface area contributed by atoms with Crippen LogP contribution in [-0.4, -0.2) is 49.8 Å². The van der Waals surface area contributed by atoms with Crippen LogP contribution < -0.4 is 16.0 Å². The van der Waals surface area contributed by atoms with Crippen molar-refractivity contribution in [3.8, 4) is 5.88 Å². The van der Waals surface area contributed by atoms with Crippen molar-refractivity contribution < 1.29 is 14.2 Å². The van der Waals surface area contributed by atoms with E-state index in [0.717, 1.165) is 0 Å². The van der Waals surface area contributed by atoms with E-state index in [1.807, 2.05) is 6.26 Å². The molecule has 18 heavy (non-hydrogen) atoms. The maximum atomic E-state index is 5.45. The second-order valence-electron chi connectivity index (χ2n) is 3.18. The molecule has 0 aliphatic rings. The van der Waals surface area contributed by atoms with Gasteiger partial charge in [0.25, 0.3) is 0 Å². The molecule has 0 saturated carbocycles. The summed E-state index contributed by atoms with van der Waals surface area (Å²) in [4.78, 5) is 8.31. The number of nitrogens with one attached hydrogen (secondary N) is 1. The lowest BCUT2D eigenvalue weighted by Gasteiger charge is -2.08. The van der Waals surface area contributed by atoms with E-state index in [1.165, 1.54) is 11.8 Å². The normalized spacial score (nSPS) is 10.4. The highest BCUT2D eigenvalue weighted by Crippen LogP contribution is 2.17. The number of ether oxygens (including phenoxy) is 3. The average molecular weight is 274 g/mol. The van der Waals surface area contributed by atoms with Gasteiger partial charge in [-0.1, -0.05) is 11.8 Å². The summed E-state index contributed by atoms with van der Waals surface area (Å²) in [6.45, 7) is 2.02. The van der Waals surface area contributed by atoms with E-state index >= 15 is 0 Å². The molecule has 3 N–H and O–H groups in total. The standard InChI is InChI=1S/C10H18N4O3S/c1-15-3-4-16-5-6-17-9-7-8(14-11)12-10(13-9)18-2/h7H,3-6,11H2,1-2H3,(H,12,13,14). The second kappa shape index (κ2) is 8.92. The minimum Gasteiger partial charge on any atom is -0.475 e. The summed E-state index contributed by atoms with van der Waals surface area (Å²) in [5, 5.41) is 0.598. The quantitative estimate of drug-likeness (QED) is 0.221. The molecule has 0 aromatic carbocycles. The van der Waals surface area contributed by atoms with E-state index in [0.29, 0.717) is 43.3 Å². The predicted molar refractivity (Wildman–Crippen MR) is 69.8 cm³/mol. The first-order valence-electron chi connectivity index (χ1n) is 5.39. The largest absolute Gasteiger partial charge is 0.475 e. The fourth-order valence-electron chi connectivity index (χ4n) is 1.09. The third-order valence-electron chi connectivity index (χ3n) is 1.92. The van der Waals surface area contributed by atoms with Crippen LogP contribution in [0.3, 0.4) is 0 Å². The molecule has 1 aromatic rings. The number of anilines is 1. The highest BCUT2D eigenvalue weighted by atomic mass is 32.2. The lowest BCUT2D eigenvalue weighted by atomic mass is 10.5. The minimum absolute atomic E-state index is 0.415. The molecule has 0 fully saturated rings. The first kappa shape index (κ1) is 15.0. The molecule has 0 amide bonds. The van der Waals surface area contributed by atoms with Crippen LogP contribution in [0.1, 0.15) is 0 Å². The van der Waals surface area contributed by atoms with Gasteiger partial charge in [0.05, 0.1) is 19.8 Å². The second-order valence-corrected chi connectivity index (χ2v) is 3.95. The van der Waals surface area contributed by atoms with Gasteiger partial charge in [0.2, 0.25) is 5.88 Å². The Morgan fingerprint density at radius 3 is 2.72 bits per heavy atom. The summed E-state index contributed by atoms with van der Waals surface area (Å²) in [6.07, 6.45) is 1.88. The zero-order chi connectivity index (χ0) is 13.2. The number of aromatic nitrogens is 2. The molecule has 0 atom stereocenters. The zero-order valence-electron chi connectivity index (χ0n) is 10.5. The van der Waals surface area contributed by atoms with E-state index < -0.39 is 0 Å². The van der Waals surface area contributed by atoms with Gasteiger partial charge in [-0.25, -0.2) is 10.8 Å². The average Bonchev–Trinajstić information content (AvgIpc) is 2.42. The molecular weight excluding hydrogens is 256 g/mol. The summed E-state index contributed by atoms with van der Waals surface area (Å²) in [5.74, 6) is 6.30. The highest BCUT2D eigenvalue weighted by molar-refractivity contribution is 7.98. The Bertz CT molecular complexity index is 332. The monoisotopic (exact) mass is 274 g/mol. The lowest BCUT2D eigenvalue weighted by molar-refractivity contribution is 0.0535. The van der Waals surface area contributed by atoms with Crippen molar-refractivity contribution in [3.63, 3.8) is 0 Å². The van der Waals surface area contributed by atoms with Crippen molar-refractivity contribution in [1.29, 1.82) is 0 Å². The number of nitrogens with zero attached hydrogens (tertiary/aromatic N) is 2. The molecule has 0 bridgehead atoms. The van der Waals surface area contributed by atoms with Crippen molar-refractivity contribution in [2.24, 2.45) is 5.84 Å². The van der Waals surface area contributed by atoms with E-state index in [2.05, 4.69) is 15.4 Å². The number of thioether (sulfide) groups is 1. The van der Waals surface area contributed by atoms with E-state index in [1.54, 1.807) is 13.2 Å². The van der Waals surface area contributed by atoms with Gasteiger partial charge in [-0.2, -0.15) is 4.98 Å². The van der Waals surface area contributed by atoms with Gasteiger partial charge < -0.3 is 19.6 Å². The number of hydrazine groups is 1. The highest BCUT2D eigenvalue weighted by Gasteiger charge is 2.04.